The van der Waals surface area contributed by atoms with Gasteiger partial charge >= 0.3 is 0 Å². The van der Waals surface area contributed by atoms with Gasteiger partial charge in [-0.05, 0) is 24.6 Å². The smallest absolute Gasteiger partial charge is 0.171 e. The molecule has 0 aliphatic carbocycles. The molecule has 0 amide bonds. The third-order valence-corrected chi connectivity index (χ3v) is 4.45. The second-order valence-corrected chi connectivity index (χ2v) is 6.42. The van der Waals surface area contributed by atoms with E-state index in [0.717, 1.165) is 41.2 Å². The van der Waals surface area contributed by atoms with Crippen LogP contribution in [0.5, 0.6) is 0 Å². The van der Waals surface area contributed by atoms with Crippen molar-refractivity contribution in [2.24, 2.45) is 0 Å². The Bertz CT molecular complexity index is 1160. The summed E-state index contributed by atoms with van der Waals surface area (Å²) in [4.78, 5) is 21.9. The molecular formula is C21H18N8. The molecule has 8 heteroatoms. The average molecular weight is 382 g/mol. The summed E-state index contributed by atoms with van der Waals surface area (Å²) in [5.41, 5.74) is 4.76. The van der Waals surface area contributed by atoms with E-state index in [0.29, 0.717) is 17.8 Å². The maximum absolute atomic E-state index is 9.39. The van der Waals surface area contributed by atoms with Crippen LogP contribution in [0, 0.1) is 11.3 Å². The minimum Gasteiger partial charge on any atom is -0.257 e. The van der Waals surface area contributed by atoms with Crippen molar-refractivity contribution in [3.8, 4) is 23.1 Å². The third kappa shape index (κ3) is 3.84. The van der Waals surface area contributed by atoms with Crippen LogP contribution < -0.4 is 0 Å². The molecule has 0 unspecified atom stereocenters. The summed E-state index contributed by atoms with van der Waals surface area (Å²) in [6.07, 6.45) is 12.4. The van der Waals surface area contributed by atoms with E-state index >= 15 is 0 Å². The van der Waals surface area contributed by atoms with Gasteiger partial charge in [-0.3, -0.25) is 4.98 Å². The van der Waals surface area contributed by atoms with E-state index in [4.69, 9.17) is 4.98 Å². The number of aryl methyl sites for hydroxylation is 1. The average Bonchev–Trinajstić information content (AvgIpc) is 3.23. The largest absolute Gasteiger partial charge is 0.257 e. The van der Waals surface area contributed by atoms with Crippen molar-refractivity contribution in [1.82, 2.24) is 34.7 Å². The number of nitrogens with zero attached hydrogens (tertiary/aromatic N) is 8. The lowest BCUT2D eigenvalue weighted by molar-refractivity contribution is 0.774. The number of hydrogen-bond acceptors (Lipinski definition) is 7. The highest BCUT2D eigenvalue weighted by molar-refractivity contribution is 5.55. The zero-order valence-electron chi connectivity index (χ0n) is 15.9. The minimum atomic E-state index is 0.469. The van der Waals surface area contributed by atoms with E-state index < -0.39 is 0 Å². The van der Waals surface area contributed by atoms with Gasteiger partial charge in [0, 0.05) is 36.8 Å². The van der Waals surface area contributed by atoms with Crippen LogP contribution in [0.4, 0.5) is 0 Å². The predicted molar refractivity (Wildman–Crippen MR) is 106 cm³/mol. The molecular weight excluding hydrogens is 364 g/mol. The first-order valence-electron chi connectivity index (χ1n) is 9.28. The quantitative estimate of drug-likeness (QED) is 0.505. The molecule has 0 N–H and O–H groups in total. The van der Waals surface area contributed by atoms with Crippen LogP contribution >= 0.6 is 0 Å². The van der Waals surface area contributed by atoms with E-state index in [1.54, 1.807) is 47.8 Å². The van der Waals surface area contributed by atoms with Gasteiger partial charge in [0.25, 0.3) is 0 Å². The highest BCUT2D eigenvalue weighted by Crippen LogP contribution is 2.20. The van der Waals surface area contributed by atoms with Crippen LogP contribution in [0.25, 0.3) is 17.1 Å². The lowest BCUT2D eigenvalue weighted by Crippen LogP contribution is -2.10. The molecule has 0 radical (unpaired) electrons. The van der Waals surface area contributed by atoms with E-state index in [2.05, 4.69) is 38.0 Å². The first-order valence-corrected chi connectivity index (χ1v) is 9.28. The van der Waals surface area contributed by atoms with Crippen molar-refractivity contribution in [3.63, 3.8) is 0 Å². The third-order valence-electron chi connectivity index (χ3n) is 4.45. The van der Waals surface area contributed by atoms with Crippen molar-refractivity contribution in [2.45, 2.75) is 26.2 Å². The van der Waals surface area contributed by atoms with E-state index in [-0.39, 0.29) is 0 Å². The van der Waals surface area contributed by atoms with Crippen molar-refractivity contribution in [3.05, 3.63) is 78.2 Å². The second kappa shape index (κ2) is 8.35. The molecule has 0 aromatic carbocycles. The van der Waals surface area contributed by atoms with Crippen molar-refractivity contribution in [1.29, 1.82) is 5.26 Å². The molecule has 4 aromatic rings. The summed E-state index contributed by atoms with van der Waals surface area (Å²) < 4.78 is 1.69. The number of pyridine rings is 1. The van der Waals surface area contributed by atoms with Gasteiger partial charge in [-0.25, -0.2) is 24.6 Å². The van der Waals surface area contributed by atoms with Crippen LogP contribution in [0.3, 0.4) is 0 Å². The second-order valence-electron chi connectivity index (χ2n) is 6.42. The van der Waals surface area contributed by atoms with Gasteiger partial charge in [0.05, 0.1) is 34.5 Å². The monoisotopic (exact) mass is 382 g/mol. The molecule has 0 bridgehead atoms. The lowest BCUT2D eigenvalue weighted by Gasteiger charge is -2.11. The van der Waals surface area contributed by atoms with Gasteiger partial charge in [-0.15, -0.1) is 0 Å². The van der Waals surface area contributed by atoms with Gasteiger partial charge in [0.1, 0.15) is 12.4 Å². The zero-order valence-corrected chi connectivity index (χ0v) is 15.9. The molecule has 0 spiro atoms. The molecule has 4 rings (SSSR count). The number of rotatable bonds is 6. The molecule has 29 heavy (non-hydrogen) atoms. The van der Waals surface area contributed by atoms with E-state index in [1.807, 2.05) is 6.07 Å². The topological polar surface area (TPSA) is 106 Å². The first kappa shape index (κ1) is 18.4. The summed E-state index contributed by atoms with van der Waals surface area (Å²) in [5, 5.41) is 13.8. The van der Waals surface area contributed by atoms with Crippen LogP contribution in [0.2, 0.25) is 0 Å². The Morgan fingerprint density at radius 1 is 1.03 bits per heavy atom. The van der Waals surface area contributed by atoms with Crippen molar-refractivity contribution >= 4 is 0 Å². The predicted octanol–water partition coefficient (Wildman–Crippen LogP) is 2.93. The van der Waals surface area contributed by atoms with Crippen molar-refractivity contribution < 1.29 is 0 Å². The normalized spacial score (nSPS) is 10.6. The van der Waals surface area contributed by atoms with Crippen molar-refractivity contribution in [2.75, 3.05) is 0 Å². The Balaban J connectivity index is 1.71. The van der Waals surface area contributed by atoms with Gasteiger partial charge in [0.15, 0.2) is 5.82 Å². The maximum atomic E-state index is 9.39. The molecule has 0 saturated carbocycles. The molecule has 142 valence electrons. The molecule has 4 heterocycles. The SMILES string of the molecule is CCCc1nc(-c2cncnc2)cnc1Cc1ccnn1-c1ncccc1C#N. The Labute approximate surface area is 168 Å². The summed E-state index contributed by atoms with van der Waals surface area (Å²) in [6, 6.07) is 7.55. The fraction of sp³-hybridized carbons (Fsp3) is 0.190. The first-order chi connectivity index (χ1) is 14.3. The molecule has 0 saturated heterocycles. The van der Waals surface area contributed by atoms with Crippen LogP contribution in [0.1, 0.15) is 36.0 Å². The van der Waals surface area contributed by atoms with Gasteiger partial charge in [0.2, 0.25) is 0 Å². The van der Waals surface area contributed by atoms with Gasteiger partial charge < -0.3 is 0 Å². The Hall–Kier alpha value is -3.99. The lowest BCUT2D eigenvalue weighted by atomic mass is 10.1. The Morgan fingerprint density at radius 3 is 2.69 bits per heavy atom. The number of aromatic nitrogens is 7. The highest BCUT2D eigenvalue weighted by Gasteiger charge is 2.15. The molecule has 0 atom stereocenters. The number of hydrogen-bond donors (Lipinski definition) is 0. The molecule has 8 nitrogen and oxygen atoms in total. The van der Waals surface area contributed by atoms with E-state index in [9.17, 15) is 5.26 Å². The van der Waals surface area contributed by atoms with Gasteiger partial charge in [-0.1, -0.05) is 13.3 Å². The van der Waals surface area contributed by atoms with Crippen LogP contribution in [-0.4, -0.2) is 34.7 Å². The van der Waals surface area contributed by atoms with Gasteiger partial charge in [-0.2, -0.15) is 10.4 Å². The standard InChI is InChI=1S/C21H18N8/c1-2-4-18-19(26-13-20(28-18)16-11-23-14-24-12-16)9-17-6-8-27-29(17)21-15(10-22)5-3-7-25-21/h3,5-8,11-14H,2,4,9H2,1H3. The number of nitriles is 1. The minimum absolute atomic E-state index is 0.469. The van der Waals surface area contributed by atoms with Crippen LogP contribution in [0.15, 0.2) is 55.5 Å². The molecule has 0 aliphatic rings. The Kier molecular flexibility index (Phi) is 5.29. The maximum Gasteiger partial charge on any atom is 0.171 e. The summed E-state index contributed by atoms with van der Waals surface area (Å²) >= 11 is 0. The van der Waals surface area contributed by atoms with Crippen LogP contribution in [-0.2, 0) is 12.8 Å². The molecule has 0 aliphatic heterocycles. The summed E-state index contributed by atoms with van der Waals surface area (Å²) in [6.45, 7) is 2.11. The molecule has 4 aromatic heterocycles. The zero-order chi connectivity index (χ0) is 20.1. The fourth-order valence-electron chi connectivity index (χ4n) is 3.09. The summed E-state index contributed by atoms with van der Waals surface area (Å²) in [7, 11) is 0. The van der Waals surface area contributed by atoms with E-state index in [1.165, 1.54) is 6.33 Å². The highest BCUT2D eigenvalue weighted by atomic mass is 15.3. The Morgan fingerprint density at radius 2 is 1.90 bits per heavy atom. The summed E-state index contributed by atoms with van der Waals surface area (Å²) in [5.74, 6) is 0.512. The molecule has 0 fully saturated rings. The fourth-order valence-corrected chi connectivity index (χ4v) is 3.09.